The van der Waals surface area contributed by atoms with Crippen LogP contribution >= 0.6 is 11.6 Å². The van der Waals surface area contributed by atoms with E-state index >= 15 is 0 Å². The van der Waals surface area contributed by atoms with Crippen molar-refractivity contribution in [1.29, 1.82) is 0 Å². The van der Waals surface area contributed by atoms with Gasteiger partial charge in [-0.3, -0.25) is 14.7 Å². The number of aromatic nitrogens is 4. The zero-order valence-electron chi connectivity index (χ0n) is 8.05. The van der Waals surface area contributed by atoms with Crippen molar-refractivity contribution in [2.75, 3.05) is 0 Å². The van der Waals surface area contributed by atoms with E-state index in [-0.39, 0.29) is 22.8 Å². The zero-order valence-corrected chi connectivity index (χ0v) is 8.81. The lowest BCUT2D eigenvalue weighted by molar-refractivity contribution is 0.611. The maximum atomic E-state index is 11.4. The molecule has 0 aromatic carbocycles. The zero-order chi connectivity index (χ0) is 11.5. The highest BCUT2D eigenvalue weighted by atomic mass is 35.5. The van der Waals surface area contributed by atoms with E-state index < -0.39 is 0 Å². The van der Waals surface area contributed by atoms with E-state index in [9.17, 15) is 9.59 Å². The second-order valence-corrected chi connectivity index (χ2v) is 3.47. The van der Waals surface area contributed by atoms with Gasteiger partial charge in [0.15, 0.2) is 5.15 Å². The number of nitrogens with zero attached hydrogens (tertiary/aromatic N) is 3. The Kier molecular flexibility index (Phi) is 2.82. The van der Waals surface area contributed by atoms with Gasteiger partial charge in [0.25, 0.3) is 11.1 Å². The van der Waals surface area contributed by atoms with Crippen LogP contribution in [-0.4, -0.2) is 20.0 Å². The average Bonchev–Trinajstić information content (AvgIpc) is 2.27. The molecule has 0 spiro atoms. The fourth-order valence-electron chi connectivity index (χ4n) is 1.17. The Bertz CT molecular complexity index is 602. The summed E-state index contributed by atoms with van der Waals surface area (Å²) in [6.45, 7) is 0.152. The molecule has 0 fully saturated rings. The van der Waals surface area contributed by atoms with Crippen LogP contribution in [0.15, 0.2) is 33.9 Å². The van der Waals surface area contributed by atoms with E-state index in [0.717, 1.165) is 4.68 Å². The molecule has 0 saturated carbocycles. The molecule has 7 heteroatoms. The van der Waals surface area contributed by atoms with Crippen LogP contribution in [0.1, 0.15) is 5.69 Å². The third-order valence-electron chi connectivity index (χ3n) is 1.90. The molecule has 0 unspecified atom stereocenters. The minimum absolute atomic E-state index is 0.152. The molecule has 0 atom stereocenters. The van der Waals surface area contributed by atoms with E-state index in [1.165, 1.54) is 12.1 Å². The van der Waals surface area contributed by atoms with Gasteiger partial charge in [-0.15, -0.1) is 5.10 Å². The molecule has 0 bridgehead atoms. The van der Waals surface area contributed by atoms with Crippen LogP contribution in [0.4, 0.5) is 0 Å². The van der Waals surface area contributed by atoms with Crippen LogP contribution < -0.4 is 11.1 Å². The number of nitrogens with one attached hydrogen (secondary N) is 1. The van der Waals surface area contributed by atoms with Crippen molar-refractivity contribution in [3.63, 3.8) is 0 Å². The fourth-order valence-corrected chi connectivity index (χ4v) is 1.27. The van der Waals surface area contributed by atoms with Crippen LogP contribution in [0.5, 0.6) is 0 Å². The molecule has 16 heavy (non-hydrogen) atoms. The fraction of sp³-hybridized carbons (Fsp3) is 0.111. The molecule has 0 aliphatic rings. The van der Waals surface area contributed by atoms with E-state index in [2.05, 4.69) is 15.3 Å². The quantitative estimate of drug-likeness (QED) is 0.800. The summed E-state index contributed by atoms with van der Waals surface area (Å²) >= 11 is 5.57. The Balaban J connectivity index is 2.33. The van der Waals surface area contributed by atoms with Crippen molar-refractivity contribution in [2.24, 2.45) is 0 Å². The highest BCUT2D eigenvalue weighted by Crippen LogP contribution is 2.02. The lowest BCUT2D eigenvalue weighted by Crippen LogP contribution is -2.28. The minimum atomic E-state index is -0.346. The number of aromatic amines is 1. The summed E-state index contributed by atoms with van der Waals surface area (Å²) in [5.41, 5.74) is -0.119. The molecule has 6 nitrogen and oxygen atoms in total. The standard InChI is InChI=1S/C9H7ClN4O2/c10-7-2-1-6(11-12-7)5-14-9(16)4-3-8(15)13-14/h1-4H,5H2,(H,13,15). The highest BCUT2D eigenvalue weighted by Gasteiger charge is 2.00. The lowest BCUT2D eigenvalue weighted by atomic mass is 10.4. The van der Waals surface area contributed by atoms with Gasteiger partial charge in [-0.05, 0) is 12.1 Å². The molecule has 0 amide bonds. The summed E-state index contributed by atoms with van der Waals surface area (Å²) in [5, 5.41) is 10.1. The van der Waals surface area contributed by atoms with E-state index in [0.29, 0.717) is 5.69 Å². The molecular weight excluding hydrogens is 232 g/mol. The molecule has 2 heterocycles. The predicted octanol–water partition coefficient (Wildman–Crippen LogP) is 0.0283. The first kappa shape index (κ1) is 10.6. The van der Waals surface area contributed by atoms with Gasteiger partial charge in [-0.1, -0.05) is 11.6 Å². The molecular formula is C9H7ClN4O2. The Labute approximate surface area is 94.5 Å². The van der Waals surface area contributed by atoms with Crippen LogP contribution in [0.2, 0.25) is 5.15 Å². The molecule has 82 valence electrons. The smallest absolute Gasteiger partial charge is 0.265 e. The lowest BCUT2D eigenvalue weighted by Gasteiger charge is -2.02. The van der Waals surface area contributed by atoms with Crippen LogP contribution in [0.3, 0.4) is 0 Å². The van der Waals surface area contributed by atoms with Crippen LogP contribution in [-0.2, 0) is 6.54 Å². The van der Waals surface area contributed by atoms with Gasteiger partial charge < -0.3 is 0 Å². The van der Waals surface area contributed by atoms with Gasteiger partial charge in [0.2, 0.25) is 0 Å². The first-order valence-corrected chi connectivity index (χ1v) is 4.81. The van der Waals surface area contributed by atoms with Crippen molar-refractivity contribution in [3.8, 4) is 0 Å². The normalized spacial score (nSPS) is 10.3. The third-order valence-corrected chi connectivity index (χ3v) is 2.10. The summed E-state index contributed by atoms with van der Waals surface area (Å²) in [6.07, 6.45) is 0. The number of H-pyrrole nitrogens is 1. The summed E-state index contributed by atoms with van der Waals surface area (Å²) in [6, 6.07) is 5.57. The number of hydrogen-bond donors (Lipinski definition) is 1. The number of rotatable bonds is 2. The summed E-state index contributed by atoms with van der Waals surface area (Å²) in [5.74, 6) is 0. The predicted molar refractivity (Wildman–Crippen MR) is 57.5 cm³/mol. The minimum Gasteiger partial charge on any atom is -0.268 e. The molecule has 1 N–H and O–H groups in total. The Morgan fingerprint density at radius 1 is 1.19 bits per heavy atom. The maximum absolute atomic E-state index is 11.4. The van der Waals surface area contributed by atoms with Gasteiger partial charge in [-0.25, -0.2) is 4.68 Å². The van der Waals surface area contributed by atoms with Gasteiger partial charge >= 0.3 is 0 Å². The SMILES string of the molecule is O=c1ccc(=O)n(Cc2ccc(Cl)nn2)[nH]1. The Hall–Kier alpha value is -1.95. The van der Waals surface area contributed by atoms with Crippen molar-refractivity contribution >= 4 is 11.6 Å². The largest absolute Gasteiger partial charge is 0.268 e. The second-order valence-electron chi connectivity index (χ2n) is 3.08. The molecule has 0 saturated heterocycles. The summed E-state index contributed by atoms with van der Waals surface area (Å²) < 4.78 is 1.15. The van der Waals surface area contributed by atoms with E-state index in [1.54, 1.807) is 12.1 Å². The van der Waals surface area contributed by atoms with Crippen LogP contribution in [0.25, 0.3) is 0 Å². The molecule has 0 aliphatic carbocycles. The maximum Gasteiger partial charge on any atom is 0.265 e. The first-order chi connectivity index (χ1) is 7.65. The Morgan fingerprint density at radius 2 is 2.00 bits per heavy atom. The molecule has 2 aromatic heterocycles. The van der Waals surface area contributed by atoms with Gasteiger partial charge in [0, 0.05) is 12.1 Å². The van der Waals surface area contributed by atoms with Crippen molar-refractivity contribution in [3.05, 3.63) is 55.8 Å². The van der Waals surface area contributed by atoms with Gasteiger partial charge in [0.1, 0.15) is 0 Å². The van der Waals surface area contributed by atoms with E-state index in [1.807, 2.05) is 0 Å². The first-order valence-electron chi connectivity index (χ1n) is 4.43. The molecule has 0 aliphatic heterocycles. The summed E-state index contributed by atoms with van der Waals surface area (Å²) in [7, 11) is 0. The number of halogens is 1. The van der Waals surface area contributed by atoms with Gasteiger partial charge in [0.05, 0.1) is 12.2 Å². The molecule has 2 aromatic rings. The second kappa shape index (κ2) is 4.28. The topological polar surface area (TPSA) is 80.6 Å². The van der Waals surface area contributed by atoms with Crippen molar-refractivity contribution in [1.82, 2.24) is 20.0 Å². The van der Waals surface area contributed by atoms with E-state index in [4.69, 9.17) is 11.6 Å². The van der Waals surface area contributed by atoms with Crippen molar-refractivity contribution in [2.45, 2.75) is 6.54 Å². The monoisotopic (exact) mass is 238 g/mol. The Morgan fingerprint density at radius 3 is 2.69 bits per heavy atom. The number of hydrogen-bond acceptors (Lipinski definition) is 4. The van der Waals surface area contributed by atoms with Crippen molar-refractivity contribution < 1.29 is 0 Å². The third kappa shape index (κ3) is 2.34. The summed E-state index contributed by atoms with van der Waals surface area (Å²) in [4.78, 5) is 22.4. The highest BCUT2D eigenvalue weighted by molar-refractivity contribution is 6.29. The molecule has 0 radical (unpaired) electrons. The average molecular weight is 239 g/mol. The van der Waals surface area contributed by atoms with Crippen LogP contribution in [0, 0.1) is 0 Å². The van der Waals surface area contributed by atoms with Gasteiger partial charge in [-0.2, -0.15) is 5.10 Å². The molecule has 2 rings (SSSR count).